The highest BCUT2D eigenvalue weighted by atomic mass is 15.1. The van der Waals surface area contributed by atoms with E-state index in [4.69, 9.17) is 0 Å². The minimum absolute atomic E-state index is 1.01. The van der Waals surface area contributed by atoms with Gasteiger partial charge in [0.15, 0.2) is 0 Å². The average Bonchev–Trinajstić information content (AvgIpc) is 2.65. The Morgan fingerprint density at radius 1 is 1.36 bits per heavy atom. The zero-order valence-electron chi connectivity index (χ0n) is 8.51. The predicted octanol–water partition coefficient (Wildman–Crippen LogP) is 0.673. The number of fused-ring (bicyclic) bond motifs is 3. The molecule has 0 bridgehead atoms. The molecule has 2 aliphatic heterocycles. The summed E-state index contributed by atoms with van der Waals surface area (Å²) in [4.78, 5) is 6.90. The van der Waals surface area contributed by atoms with Gasteiger partial charge in [-0.3, -0.25) is 4.98 Å². The minimum atomic E-state index is 1.01. The molecule has 1 N–H and O–H groups in total. The summed E-state index contributed by atoms with van der Waals surface area (Å²) >= 11 is 0. The molecule has 1 aromatic heterocycles. The van der Waals surface area contributed by atoms with Gasteiger partial charge < -0.3 is 10.2 Å². The lowest BCUT2D eigenvalue weighted by Gasteiger charge is -2.25. The summed E-state index contributed by atoms with van der Waals surface area (Å²) in [6.45, 7) is 4.24. The van der Waals surface area contributed by atoms with Gasteiger partial charge in [0, 0.05) is 32.4 Å². The van der Waals surface area contributed by atoms with Crippen molar-refractivity contribution in [3.63, 3.8) is 0 Å². The van der Waals surface area contributed by atoms with E-state index < -0.39 is 0 Å². The number of likely N-dealkylation sites (N-methyl/N-ethyl adjacent to an activating group) is 1. The normalized spacial score (nSPS) is 20.6. The SMILES string of the molecule is CN1CCc2c(ncc3c2CNC3)C1. The van der Waals surface area contributed by atoms with Gasteiger partial charge in [-0.15, -0.1) is 0 Å². The number of hydrogen-bond donors (Lipinski definition) is 1. The molecule has 0 atom stereocenters. The van der Waals surface area contributed by atoms with E-state index >= 15 is 0 Å². The van der Waals surface area contributed by atoms with Crippen LogP contribution in [0, 0.1) is 0 Å². The van der Waals surface area contributed by atoms with Crippen LogP contribution in [0.4, 0.5) is 0 Å². The Hall–Kier alpha value is -0.930. The summed E-state index contributed by atoms with van der Waals surface area (Å²) in [7, 11) is 2.16. The second kappa shape index (κ2) is 3.04. The van der Waals surface area contributed by atoms with Gasteiger partial charge in [0.2, 0.25) is 0 Å². The standard InChI is InChI=1S/C11H15N3/c1-14-3-2-9-10-6-12-4-8(10)5-13-11(9)7-14/h5,12H,2-4,6-7H2,1H3. The van der Waals surface area contributed by atoms with Crippen LogP contribution in [0.3, 0.4) is 0 Å². The Morgan fingerprint density at radius 3 is 3.21 bits per heavy atom. The smallest absolute Gasteiger partial charge is 0.0579 e. The lowest BCUT2D eigenvalue weighted by molar-refractivity contribution is 0.307. The van der Waals surface area contributed by atoms with Crippen LogP contribution in [0.2, 0.25) is 0 Å². The molecule has 0 amide bonds. The lowest BCUT2D eigenvalue weighted by atomic mass is 9.97. The van der Waals surface area contributed by atoms with Crippen LogP contribution in [0.1, 0.15) is 22.4 Å². The third-order valence-corrected chi connectivity index (χ3v) is 3.26. The summed E-state index contributed by atoms with van der Waals surface area (Å²) in [6.07, 6.45) is 3.22. The van der Waals surface area contributed by atoms with E-state index in [-0.39, 0.29) is 0 Å². The van der Waals surface area contributed by atoms with E-state index in [0.29, 0.717) is 0 Å². The Labute approximate surface area is 84.1 Å². The summed E-state index contributed by atoms with van der Waals surface area (Å²) in [5.74, 6) is 0. The molecule has 2 aliphatic rings. The zero-order chi connectivity index (χ0) is 9.54. The minimum Gasteiger partial charge on any atom is -0.309 e. The molecule has 0 aliphatic carbocycles. The Balaban J connectivity index is 2.10. The van der Waals surface area contributed by atoms with Crippen molar-refractivity contribution in [3.05, 3.63) is 28.6 Å². The van der Waals surface area contributed by atoms with Crippen molar-refractivity contribution in [2.75, 3.05) is 13.6 Å². The Kier molecular flexibility index (Phi) is 1.82. The second-order valence-electron chi connectivity index (χ2n) is 4.28. The molecule has 3 heterocycles. The van der Waals surface area contributed by atoms with Crippen LogP contribution in [0.25, 0.3) is 0 Å². The van der Waals surface area contributed by atoms with Crippen molar-refractivity contribution in [2.45, 2.75) is 26.1 Å². The van der Waals surface area contributed by atoms with Crippen LogP contribution < -0.4 is 5.32 Å². The average molecular weight is 189 g/mol. The van der Waals surface area contributed by atoms with Gasteiger partial charge in [0.1, 0.15) is 0 Å². The monoisotopic (exact) mass is 189 g/mol. The molecule has 0 aromatic carbocycles. The molecule has 3 heteroatoms. The van der Waals surface area contributed by atoms with Crippen LogP contribution in [-0.4, -0.2) is 23.5 Å². The third-order valence-electron chi connectivity index (χ3n) is 3.26. The lowest BCUT2D eigenvalue weighted by Crippen LogP contribution is -2.28. The highest BCUT2D eigenvalue weighted by molar-refractivity contribution is 5.40. The van der Waals surface area contributed by atoms with Gasteiger partial charge >= 0.3 is 0 Å². The number of nitrogens with zero attached hydrogens (tertiary/aromatic N) is 2. The largest absolute Gasteiger partial charge is 0.309 e. The van der Waals surface area contributed by atoms with Gasteiger partial charge in [-0.1, -0.05) is 0 Å². The molecule has 1 aromatic rings. The quantitative estimate of drug-likeness (QED) is 0.650. The number of aromatic nitrogens is 1. The van der Waals surface area contributed by atoms with Crippen molar-refractivity contribution in [1.29, 1.82) is 0 Å². The van der Waals surface area contributed by atoms with Crippen LogP contribution in [0.15, 0.2) is 6.20 Å². The van der Waals surface area contributed by atoms with Gasteiger partial charge in [-0.2, -0.15) is 0 Å². The maximum Gasteiger partial charge on any atom is 0.0579 e. The molecule has 0 spiro atoms. The topological polar surface area (TPSA) is 28.2 Å². The highest BCUT2D eigenvalue weighted by Crippen LogP contribution is 2.25. The predicted molar refractivity (Wildman–Crippen MR) is 54.8 cm³/mol. The van der Waals surface area contributed by atoms with Crippen LogP contribution >= 0.6 is 0 Å². The molecule has 0 fully saturated rings. The highest BCUT2D eigenvalue weighted by Gasteiger charge is 2.22. The van der Waals surface area contributed by atoms with E-state index in [1.54, 1.807) is 0 Å². The van der Waals surface area contributed by atoms with Gasteiger partial charge in [0.05, 0.1) is 5.69 Å². The molecular weight excluding hydrogens is 174 g/mol. The first-order chi connectivity index (χ1) is 6.84. The number of nitrogens with one attached hydrogen (secondary N) is 1. The molecule has 0 radical (unpaired) electrons. The zero-order valence-corrected chi connectivity index (χ0v) is 8.51. The van der Waals surface area contributed by atoms with E-state index in [1.165, 1.54) is 35.3 Å². The molecule has 3 nitrogen and oxygen atoms in total. The van der Waals surface area contributed by atoms with E-state index in [9.17, 15) is 0 Å². The molecule has 14 heavy (non-hydrogen) atoms. The Bertz CT molecular complexity index is 373. The summed E-state index contributed by atoms with van der Waals surface area (Å²) in [5, 5.41) is 3.40. The summed E-state index contributed by atoms with van der Waals surface area (Å²) in [5.41, 5.74) is 5.75. The second-order valence-corrected chi connectivity index (χ2v) is 4.28. The maximum atomic E-state index is 4.56. The molecule has 0 saturated heterocycles. The van der Waals surface area contributed by atoms with E-state index in [0.717, 1.165) is 19.6 Å². The molecule has 74 valence electrons. The number of hydrogen-bond acceptors (Lipinski definition) is 3. The first-order valence-electron chi connectivity index (χ1n) is 5.22. The molecular formula is C11H15N3. The van der Waals surface area contributed by atoms with Gasteiger partial charge in [-0.25, -0.2) is 0 Å². The maximum absolute atomic E-state index is 4.56. The van der Waals surface area contributed by atoms with E-state index in [1.807, 2.05) is 6.20 Å². The molecule has 0 saturated carbocycles. The number of rotatable bonds is 0. The third kappa shape index (κ3) is 1.16. The van der Waals surface area contributed by atoms with Crippen molar-refractivity contribution in [2.24, 2.45) is 0 Å². The van der Waals surface area contributed by atoms with Gasteiger partial charge in [0.25, 0.3) is 0 Å². The fourth-order valence-corrected chi connectivity index (χ4v) is 2.44. The molecule has 3 rings (SSSR count). The van der Waals surface area contributed by atoms with Crippen LogP contribution in [0.5, 0.6) is 0 Å². The summed E-state index contributed by atoms with van der Waals surface area (Å²) in [6, 6.07) is 0. The van der Waals surface area contributed by atoms with Crippen molar-refractivity contribution < 1.29 is 0 Å². The Morgan fingerprint density at radius 2 is 2.29 bits per heavy atom. The van der Waals surface area contributed by atoms with E-state index in [2.05, 4.69) is 22.2 Å². The molecule has 0 unspecified atom stereocenters. The fraction of sp³-hybridized carbons (Fsp3) is 0.545. The van der Waals surface area contributed by atoms with Crippen molar-refractivity contribution >= 4 is 0 Å². The first kappa shape index (κ1) is 8.38. The van der Waals surface area contributed by atoms with Crippen molar-refractivity contribution in [3.8, 4) is 0 Å². The number of pyridine rings is 1. The van der Waals surface area contributed by atoms with Crippen molar-refractivity contribution in [1.82, 2.24) is 15.2 Å². The summed E-state index contributed by atoms with van der Waals surface area (Å²) < 4.78 is 0. The van der Waals surface area contributed by atoms with Crippen LogP contribution in [-0.2, 0) is 26.1 Å². The first-order valence-corrected chi connectivity index (χ1v) is 5.22. The fourth-order valence-electron chi connectivity index (χ4n) is 2.44. The van der Waals surface area contributed by atoms with Gasteiger partial charge in [-0.05, 0) is 30.2 Å².